The number of hydrogen-bond donors (Lipinski definition) is 3. The summed E-state index contributed by atoms with van der Waals surface area (Å²) < 4.78 is 8.88. The van der Waals surface area contributed by atoms with Crippen LogP contribution in [-0.2, 0) is 23.1 Å². The van der Waals surface area contributed by atoms with Crippen molar-refractivity contribution in [1.82, 2.24) is 0 Å². The Labute approximate surface area is 57.3 Å². The van der Waals surface area contributed by atoms with Gasteiger partial charge in [0.25, 0.3) is 0 Å². The third kappa shape index (κ3) is 552. The van der Waals surface area contributed by atoms with Crippen LogP contribution in [0.1, 0.15) is 0 Å². The molecule has 0 heterocycles. The molecule has 8 heavy (non-hydrogen) atoms. The van der Waals surface area contributed by atoms with Crippen molar-refractivity contribution in [2.75, 3.05) is 0 Å². The molecule has 7 N–H and O–H groups in total. The van der Waals surface area contributed by atoms with E-state index in [1.807, 2.05) is 0 Å². The average Bonchev–Trinajstić information content (AvgIpc) is 0.722. The molecule has 53 valence electrons. The summed E-state index contributed by atoms with van der Waals surface area (Å²) in [6.07, 6.45) is 0. The molecule has 8 heteroatoms. The van der Waals surface area contributed by atoms with Gasteiger partial charge in [0.05, 0.1) is 0 Å². The van der Waals surface area contributed by atoms with Gasteiger partial charge < -0.3 is 25.6 Å². The quantitative estimate of drug-likeness (QED) is 0.356. The fourth-order valence-corrected chi connectivity index (χ4v) is 0. The molecule has 0 aromatic rings. The van der Waals surface area contributed by atoms with E-state index < -0.39 is 7.82 Å². The van der Waals surface area contributed by atoms with Crippen molar-refractivity contribution in [3.63, 3.8) is 0 Å². The van der Waals surface area contributed by atoms with E-state index in [4.69, 9.17) is 19.2 Å². The molecule has 0 unspecified atom stereocenters. The van der Waals surface area contributed by atoms with Crippen molar-refractivity contribution >= 4 is 7.82 Å². The molecule has 0 aliphatic heterocycles. The summed E-state index contributed by atoms with van der Waals surface area (Å²) in [6.45, 7) is 0. The summed E-state index contributed by atoms with van der Waals surface area (Å²) in [7, 11) is -4.64. The molecule has 0 fully saturated rings. The van der Waals surface area contributed by atoms with Crippen molar-refractivity contribution in [1.29, 1.82) is 0 Å². The van der Waals surface area contributed by atoms with Gasteiger partial charge in [-0.3, -0.25) is 0 Å². The molecule has 0 saturated heterocycles. The predicted molar refractivity (Wildman–Crippen MR) is 21.5 cm³/mol. The van der Waals surface area contributed by atoms with Gasteiger partial charge in [-0.25, -0.2) is 4.57 Å². The van der Waals surface area contributed by atoms with Gasteiger partial charge in [0.15, 0.2) is 0 Å². The van der Waals surface area contributed by atoms with E-state index in [-0.39, 0.29) is 29.5 Å². The van der Waals surface area contributed by atoms with Crippen LogP contribution in [0.4, 0.5) is 0 Å². The maximum absolute atomic E-state index is 8.88. The Bertz CT molecular complexity index is 54.7. The molecule has 0 aromatic carbocycles. The third-order valence-corrected chi connectivity index (χ3v) is 0. The second-order valence-corrected chi connectivity index (χ2v) is 1.54. The van der Waals surface area contributed by atoms with E-state index in [2.05, 4.69) is 0 Å². The Morgan fingerprint density at radius 2 is 1.00 bits per heavy atom. The smallest absolute Gasteiger partial charge is 0.412 e. The monoisotopic (exact) mass is 185 g/mol. The van der Waals surface area contributed by atoms with Crippen LogP contribution in [-0.4, -0.2) is 25.6 Å². The zero-order valence-electron chi connectivity index (χ0n) is 3.64. The molecule has 0 rings (SSSR count). The molecule has 0 aromatic heterocycles. The Balaban J connectivity index is -0.0000000267. The van der Waals surface area contributed by atoms with Gasteiger partial charge in [-0.2, -0.15) is 0 Å². The van der Waals surface area contributed by atoms with Crippen molar-refractivity contribution in [3.8, 4) is 0 Å². The van der Waals surface area contributed by atoms with Gasteiger partial charge in [-0.15, -0.1) is 0 Å². The van der Waals surface area contributed by atoms with E-state index in [1.165, 1.54) is 0 Å². The first-order valence-electron chi connectivity index (χ1n) is 0.783. The molecule has 0 spiro atoms. The Hall–Kier alpha value is 0.614. The van der Waals surface area contributed by atoms with Gasteiger partial charge in [-0.05, 0) is 0 Å². The zero-order valence-corrected chi connectivity index (χ0v) is 5.94. The van der Waals surface area contributed by atoms with Crippen LogP contribution in [0.15, 0.2) is 0 Å². The first-order valence-corrected chi connectivity index (χ1v) is 2.35. The Kier molecular flexibility index (Phi) is 22.3. The van der Waals surface area contributed by atoms with Gasteiger partial charge in [-0.1, -0.05) is 0 Å². The molecule has 1 radical (unpaired) electrons. The van der Waals surface area contributed by atoms with Crippen molar-refractivity contribution < 1.29 is 48.8 Å². The van der Waals surface area contributed by atoms with Gasteiger partial charge >= 0.3 is 7.82 Å². The molecule has 0 amide bonds. The topological polar surface area (TPSA) is 141 Å². The summed E-state index contributed by atoms with van der Waals surface area (Å²) in [4.78, 5) is 21.6. The van der Waals surface area contributed by atoms with Gasteiger partial charge in [0, 0.05) is 18.6 Å². The van der Waals surface area contributed by atoms with Crippen molar-refractivity contribution in [2.45, 2.75) is 0 Å². The summed E-state index contributed by atoms with van der Waals surface area (Å²) >= 11 is 0. The maximum atomic E-state index is 8.88. The average molecular weight is 185 g/mol. The summed E-state index contributed by atoms with van der Waals surface area (Å²) in [5.41, 5.74) is 0. The minimum absolute atomic E-state index is 0. The van der Waals surface area contributed by atoms with E-state index in [0.717, 1.165) is 0 Å². The van der Waals surface area contributed by atoms with E-state index in [1.54, 1.807) is 0 Å². The summed E-state index contributed by atoms with van der Waals surface area (Å²) in [6, 6.07) is 0. The fraction of sp³-hybridized carbons (Fsp3) is 0. The van der Waals surface area contributed by atoms with E-state index >= 15 is 0 Å². The van der Waals surface area contributed by atoms with E-state index in [9.17, 15) is 0 Å². The van der Waals surface area contributed by atoms with Gasteiger partial charge in [0.2, 0.25) is 0 Å². The number of hydrogen-bond acceptors (Lipinski definition) is 1. The van der Waals surface area contributed by atoms with Crippen molar-refractivity contribution in [3.05, 3.63) is 0 Å². The van der Waals surface area contributed by atoms with Crippen molar-refractivity contribution in [2.24, 2.45) is 0 Å². The predicted octanol–water partition coefficient (Wildman–Crippen LogP) is -2.58. The SMILES string of the molecule is O.O.O=P(O)(O)O.[V]. The molecular formula is H7O6PV. The van der Waals surface area contributed by atoms with Crippen LogP contribution in [0.5, 0.6) is 0 Å². The molecule has 0 saturated carbocycles. The maximum Gasteiger partial charge on any atom is 0.466 e. The molecule has 0 atom stereocenters. The molecule has 6 nitrogen and oxygen atoms in total. The molecule has 0 aliphatic rings. The summed E-state index contributed by atoms with van der Waals surface area (Å²) in [5, 5.41) is 0. The Morgan fingerprint density at radius 3 is 1.00 bits per heavy atom. The number of rotatable bonds is 0. The first-order chi connectivity index (χ1) is 2.00. The van der Waals surface area contributed by atoms with Crippen LogP contribution in [0, 0.1) is 0 Å². The second-order valence-electron chi connectivity index (χ2n) is 0.513. The van der Waals surface area contributed by atoms with Crippen LogP contribution < -0.4 is 0 Å². The van der Waals surface area contributed by atoms with Crippen LogP contribution >= 0.6 is 7.82 Å². The van der Waals surface area contributed by atoms with Crippen LogP contribution in [0.3, 0.4) is 0 Å². The van der Waals surface area contributed by atoms with Gasteiger partial charge in [0.1, 0.15) is 0 Å². The van der Waals surface area contributed by atoms with E-state index in [0.29, 0.717) is 0 Å². The molecular weight excluding hydrogens is 178 g/mol. The fourth-order valence-electron chi connectivity index (χ4n) is 0. The van der Waals surface area contributed by atoms with Crippen LogP contribution in [0.2, 0.25) is 0 Å². The van der Waals surface area contributed by atoms with Crippen LogP contribution in [0.25, 0.3) is 0 Å². The largest absolute Gasteiger partial charge is 0.466 e. The Morgan fingerprint density at radius 1 is 1.00 bits per heavy atom. The number of phosphoric acid groups is 1. The zero-order chi connectivity index (χ0) is 4.50. The minimum atomic E-state index is -4.64. The third-order valence-electron chi connectivity index (χ3n) is 0. The molecule has 0 aliphatic carbocycles. The normalized spacial score (nSPS) is 7.38. The molecule has 0 bridgehead atoms. The first kappa shape index (κ1) is 23.5. The standard InChI is InChI=1S/H3O4P.2H2O.V/c1-5(2,3)4;;;/h(H3,1,2,3,4);2*1H2;. The summed E-state index contributed by atoms with van der Waals surface area (Å²) in [5.74, 6) is 0. The second kappa shape index (κ2) is 7.61. The minimum Gasteiger partial charge on any atom is -0.412 e.